The van der Waals surface area contributed by atoms with Gasteiger partial charge in [0, 0.05) is 43.4 Å². The molecule has 1 saturated heterocycles. The normalized spacial score (nSPS) is 22.6. The van der Waals surface area contributed by atoms with Crippen LogP contribution in [-0.2, 0) is 11.3 Å². The fraction of sp³-hybridized carbons (Fsp3) is 0.647. The van der Waals surface area contributed by atoms with Gasteiger partial charge in [-0.3, -0.25) is 0 Å². The Kier molecular flexibility index (Phi) is 6.52. The van der Waals surface area contributed by atoms with E-state index < -0.39 is 0 Å². The summed E-state index contributed by atoms with van der Waals surface area (Å²) in [5, 5.41) is 3.46. The Morgan fingerprint density at radius 1 is 1.33 bits per heavy atom. The lowest BCUT2D eigenvalue weighted by molar-refractivity contribution is 0.199. The SMILES string of the molecule is COCCNCc1cc(Br)ccc1N1CCC(C)C(C)C1. The van der Waals surface area contributed by atoms with E-state index in [-0.39, 0.29) is 0 Å². The Morgan fingerprint density at radius 3 is 2.86 bits per heavy atom. The lowest BCUT2D eigenvalue weighted by Crippen LogP contribution is -2.39. The summed E-state index contributed by atoms with van der Waals surface area (Å²) in [6.07, 6.45) is 1.29. The zero-order valence-electron chi connectivity index (χ0n) is 13.4. The van der Waals surface area contributed by atoms with Gasteiger partial charge >= 0.3 is 0 Å². The van der Waals surface area contributed by atoms with Crippen LogP contribution in [0.5, 0.6) is 0 Å². The van der Waals surface area contributed by atoms with Crippen LogP contribution >= 0.6 is 15.9 Å². The third-order valence-electron chi connectivity index (χ3n) is 4.51. The molecule has 1 aliphatic rings. The first-order chi connectivity index (χ1) is 10.1. The molecule has 1 aliphatic heterocycles. The molecule has 4 heteroatoms. The topological polar surface area (TPSA) is 24.5 Å². The van der Waals surface area contributed by atoms with Crippen LogP contribution in [0.1, 0.15) is 25.8 Å². The maximum atomic E-state index is 5.09. The minimum atomic E-state index is 0.752. The highest BCUT2D eigenvalue weighted by molar-refractivity contribution is 9.10. The van der Waals surface area contributed by atoms with Gasteiger partial charge < -0.3 is 15.0 Å². The van der Waals surface area contributed by atoms with Crippen molar-refractivity contribution in [2.75, 3.05) is 38.3 Å². The van der Waals surface area contributed by atoms with Gasteiger partial charge in [0.2, 0.25) is 0 Å². The van der Waals surface area contributed by atoms with Gasteiger partial charge in [-0.25, -0.2) is 0 Å². The summed E-state index contributed by atoms with van der Waals surface area (Å²) in [6, 6.07) is 6.63. The molecular weight excluding hydrogens is 328 g/mol. The summed E-state index contributed by atoms with van der Waals surface area (Å²) in [6.45, 7) is 9.59. The van der Waals surface area contributed by atoms with Gasteiger partial charge in [0.15, 0.2) is 0 Å². The highest BCUT2D eigenvalue weighted by Gasteiger charge is 2.24. The molecule has 1 heterocycles. The minimum absolute atomic E-state index is 0.752. The Morgan fingerprint density at radius 2 is 2.14 bits per heavy atom. The second kappa shape index (κ2) is 8.16. The van der Waals surface area contributed by atoms with E-state index in [0.717, 1.165) is 49.1 Å². The average Bonchev–Trinajstić information content (AvgIpc) is 2.47. The largest absolute Gasteiger partial charge is 0.383 e. The molecule has 3 nitrogen and oxygen atoms in total. The van der Waals surface area contributed by atoms with Crippen LogP contribution in [0.25, 0.3) is 0 Å². The molecule has 21 heavy (non-hydrogen) atoms. The van der Waals surface area contributed by atoms with E-state index in [1.54, 1.807) is 7.11 Å². The molecule has 0 bridgehead atoms. The summed E-state index contributed by atoms with van der Waals surface area (Å²) < 4.78 is 6.24. The molecule has 1 N–H and O–H groups in total. The van der Waals surface area contributed by atoms with Gasteiger partial charge in [0.1, 0.15) is 0 Å². The number of halogens is 1. The number of hydrogen-bond donors (Lipinski definition) is 1. The van der Waals surface area contributed by atoms with E-state index in [4.69, 9.17) is 4.74 Å². The van der Waals surface area contributed by atoms with Crippen molar-refractivity contribution in [3.05, 3.63) is 28.2 Å². The van der Waals surface area contributed by atoms with Crippen molar-refractivity contribution in [3.8, 4) is 0 Å². The number of benzene rings is 1. The van der Waals surface area contributed by atoms with Crippen molar-refractivity contribution >= 4 is 21.6 Å². The average molecular weight is 355 g/mol. The summed E-state index contributed by atoms with van der Waals surface area (Å²) in [7, 11) is 1.74. The van der Waals surface area contributed by atoms with Gasteiger partial charge in [0.05, 0.1) is 6.61 Å². The first-order valence-corrected chi connectivity index (χ1v) is 8.64. The van der Waals surface area contributed by atoms with Crippen molar-refractivity contribution < 1.29 is 4.74 Å². The molecule has 118 valence electrons. The standard InChI is InChI=1S/C17H27BrN2O/c1-13-6-8-20(12-14(13)2)17-5-4-16(18)10-15(17)11-19-7-9-21-3/h4-5,10,13-14,19H,6-9,11-12H2,1-3H3. The van der Waals surface area contributed by atoms with Gasteiger partial charge in [-0.2, -0.15) is 0 Å². The van der Waals surface area contributed by atoms with E-state index in [2.05, 4.69) is 58.2 Å². The third-order valence-corrected chi connectivity index (χ3v) is 5.01. The first-order valence-electron chi connectivity index (χ1n) is 7.85. The lowest BCUT2D eigenvalue weighted by Gasteiger charge is -2.38. The number of piperidine rings is 1. The molecule has 0 amide bonds. The quantitative estimate of drug-likeness (QED) is 0.788. The predicted octanol–water partition coefficient (Wildman–Crippen LogP) is 3.67. The van der Waals surface area contributed by atoms with E-state index >= 15 is 0 Å². The molecule has 1 fully saturated rings. The summed E-state index contributed by atoms with van der Waals surface area (Å²) in [5.41, 5.74) is 2.74. The Bertz CT molecular complexity index is 452. The Labute approximate surface area is 137 Å². The number of hydrogen-bond acceptors (Lipinski definition) is 3. The van der Waals surface area contributed by atoms with Crippen molar-refractivity contribution in [2.45, 2.75) is 26.8 Å². The zero-order chi connectivity index (χ0) is 15.2. The molecule has 0 aromatic heterocycles. The number of ether oxygens (including phenoxy) is 1. The maximum Gasteiger partial charge on any atom is 0.0587 e. The second-order valence-corrected chi connectivity index (χ2v) is 7.05. The fourth-order valence-electron chi connectivity index (χ4n) is 2.88. The molecule has 1 aromatic rings. The lowest BCUT2D eigenvalue weighted by atomic mass is 9.88. The van der Waals surface area contributed by atoms with Crippen molar-refractivity contribution in [2.24, 2.45) is 11.8 Å². The van der Waals surface area contributed by atoms with Gasteiger partial charge in [-0.15, -0.1) is 0 Å². The Balaban J connectivity index is 2.07. The molecule has 1 aromatic carbocycles. The number of anilines is 1. The fourth-order valence-corrected chi connectivity index (χ4v) is 3.29. The highest BCUT2D eigenvalue weighted by Crippen LogP contribution is 2.30. The first kappa shape index (κ1) is 16.8. The van der Waals surface area contributed by atoms with Crippen LogP contribution in [0.2, 0.25) is 0 Å². The molecule has 0 spiro atoms. The number of methoxy groups -OCH3 is 1. The van der Waals surface area contributed by atoms with Crippen LogP contribution in [0.4, 0.5) is 5.69 Å². The van der Waals surface area contributed by atoms with Gasteiger partial charge in [-0.1, -0.05) is 29.8 Å². The van der Waals surface area contributed by atoms with Crippen molar-refractivity contribution in [1.82, 2.24) is 5.32 Å². The number of nitrogens with zero attached hydrogens (tertiary/aromatic N) is 1. The highest BCUT2D eigenvalue weighted by atomic mass is 79.9. The van der Waals surface area contributed by atoms with Gasteiger partial charge in [-0.05, 0) is 42.0 Å². The number of rotatable bonds is 6. The number of nitrogens with one attached hydrogen (secondary N) is 1. The Hall–Kier alpha value is -0.580. The minimum Gasteiger partial charge on any atom is -0.383 e. The second-order valence-electron chi connectivity index (χ2n) is 6.13. The van der Waals surface area contributed by atoms with E-state index in [0.29, 0.717) is 0 Å². The monoisotopic (exact) mass is 354 g/mol. The molecule has 0 aliphatic carbocycles. The van der Waals surface area contributed by atoms with Crippen molar-refractivity contribution in [1.29, 1.82) is 0 Å². The van der Waals surface area contributed by atoms with Crippen LogP contribution in [0.3, 0.4) is 0 Å². The van der Waals surface area contributed by atoms with E-state index in [1.807, 2.05) is 0 Å². The van der Waals surface area contributed by atoms with Crippen LogP contribution in [0.15, 0.2) is 22.7 Å². The van der Waals surface area contributed by atoms with Crippen LogP contribution in [-0.4, -0.2) is 33.4 Å². The third kappa shape index (κ3) is 4.70. The smallest absolute Gasteiger partial charge is 0.0587 e. The van der Waals surface area contributed by atoms with Crippen LogP contribution < -0.4 is 10.2 Å². The summed E-state index contributed by atoms with van der Waals surface area (Å²) in [4.78, 5) is 2.55. The van der Waals surface area contributed by atoms with E-state index in [1.165, 1.54) is 17.7 Å². The van der Waals surface area contributed by atoms with Crippen molar-refractivity contribution in [3.63, 3.8) is 0 Å². The maximum absolute atomic E-state index is 5.09. The molecule has 2 atom stereocenters. The predicted molar refractivity (Wildman–Crippen MR) is 92.9 cm³/mol. The molecule has 2 rings (SSSR count). The summed E-state index contributed by atoms with van der Waals surface area (Å²) in [5.74, 6) is 1.59. The van der Waals surface area contributed by atoms with Crippen LogP contribution in [0, 0.1) is 11.8 Å². The molecule has 2 unspecified atom stereocenters. The molecule has 0 radical (unpaired) electrons. The zero-order valence-corrected chi connectivity index (χ0v) is 14.9. The molecule has 0 saturated carbocycles. The van der Waals surface area contributed by atoms with E-state index in [9.17, 15) is 0 Å². The summed E-state index contributed by atoms with van der Waals surface area (Å²) >= 11 is 3.59. The molecular formula is C17H27BrN2O. The van der Waals surface area contributed by atoms with Gasteiger partial charge in [0.25, 0.3) is 0 Å².